The lowest BCUT2D eigenvalue weighted by atomic mass is 9.82. The number of likely N-dealkylation sites (N-methyl/N-ethyl adjacent to an activating group) is 2. The molecule has 1 heterocycles. The van der Waals surface area contributed by atoms with Gasteiger partial charge in [0, 0.05) is 38.4 Å². The van der Waals surface area contributed by atoms with Crippen LogP contribution in [0.4, 0.5) is 0 Å². The number of carbonyl (C=O) groups is 1. The number of carbonyl (C=O) groups excluding carboxylic acids is 1. The van der Waals surface area contributed by atoms with E-state index in [2.05, 4.69) is 168 Å². The van der Waals surface area contributed by atoms with Crippen LogP contribution in [0.25, 0.3) is 0 Å². The summed E-state index contributed by atoms with van der Waals surface area (Å²) in [6.45, 7) is 15.3. The van der Waals surface area contributed by atoms with Gasteiger partial charge in [-0.25, -0.2) is 0 Å². The minimum absolute atomic E-state index is 0.0591. The van der Waals surface area contributed by atoms with Crippen LogP contribution in [0.15, 0.2) is 109 Å². The highest BCUT2D eigenvalue weighted by atomic mass is 16.7. The molecule has 668 valence electrons. The Morgan fingerprint density at radius 2 is 0.609 bits per heavy atom. The van der Waals surface area contributed by atoms with Gasteiger partial charge < -0.3 is 24.0 Å². The molecule has 2 fully saturated rings. The second kappa shape index (κ2) is 84.6. The second-order valence-corrected chi connectivity index (χ2v) is 36.4. The van der Waals surface area contributed by atoms with Crippen LogP contribution in [-0.4, -0.2) is 79.6 Å². The van der Waals surface area contributed by atoms with Crippen molar-refractivity contribution in [1.82, 2.24) is 9.80 Å². The Balaban J connectivity index is 1.99. The molecule has 115 heavy (non-hydrogen) atoms. The summed E-state index contributed by atoms with van der Waals surface area (Å²) >= 11 is 0. The molecule has 0 aromatic carbocycles. The van der Waals surface area contributed by atoms with Gasteiger partial charge in [-0.2, -0.15) is 0 Å². The average Bonchev–Trinajstić information content (AvgIpc) is 1.65. The lowest BCUT2D eigenvalue weighted by Crippen LogP contribution is -2.40. The lowest BCUT2D eigenvalue weighted by Gasteiger charge is -2.36. The van der Waals surface area contributed by atoms with Gasteiger partial charge >= 0.3 is 5.97 Å². The summed E-state index contributed by atoms with van der Waals surface area (Å²) in [6, 6.07) is 0.641. The molecule has 1 saturated carbocycles. The predicted molar refractivity (Wildman–Crippen MR) is 512 cm³/mol. The first-order chi connectivity index (χ1) is 56.7. The van der Waals surface area contributed by atoms with E-state index in [1.165, 1.54) is 398 Å². The molecule has 2 unspecified atom stereocenters. The van der Waals surface area contributed by atoms with Crippen molar-refractivity contribution in [3.05, 3.63) is 109 Å². The van der Waals surface area contributed by atoms with E-state index in [9.17, 15) is 4.79 Å². The summed E-state index contributed by atoms with van der Waals surface area (Å²) in [4.78, 5) is 19.5. The molecular formula is C109H198N2O4. The summed E-state index contributed by atoms with van der Waals surface area (Å²) in [7, 11) is 4.66. The van der Waals surface area contributed by atoms with Crippen LogP contribution in [0, 0.1) is 5.92 Å². The van der Waals surface area contributed by atoms with Crippen molar-refractivity contribution in [2.45, 2.75) is 533 Å². The number of hydrogen-bond donors (Lipinski definition) is 0. The van der Waals surface area contributed by atoms with Crippen LogP contribution in [0.2, 0.25) is 0 Å². The van der Waals surface area contributed by atoms with Crippen molar-refractivity contribution in [2.75, 3.05) is 40.3 Å². The van der Waals surface area contributed by atoms with Crippen LogP contribution in [0.5, 0.6) is 0 Å². The fraction of sp³-hybridized carbons (Fsp3) is 0.826. The second-order valence-electron chi connectivity index (χ2n) is 36.4. The largest absolute Gasteiger partial charge is 0.459 e. The van der Waals surface area contributed by atoms with Gasteiger partial charge in [-0.15, -0.1) is 0 Å². The molecule has 0 aromatic rings. The fourth-order valence-electron chi connectivity index (χ4n) is 17.6. The molecule has 2 aliphatic rings. The highest BCUT2D eigenvalue weighted by Gasteiger charge is 2.42. The number of ether oxygens (including phenoxy) is 3. The van der Waals surface area contributed by atoms with Crippen molar-refractivity contribution < 1.29 is 19.0 Å². The van der Waals surface area contributed by atoms with E-state index in [0.29, 0.717) is 12.5 Å². The number of unbranched alkanes of at least 4 members (excludes halogenated alkanes) is 48. The Labute approximate surface area is 719 Å². The minimum atomic E-state index is -0.372. The first-order valence-corrected chi connectivity index (χ1v) is 51.5. The van der Waals surface area contributed by atoms with E-state index in [1.807, 2.05) is 0 Å². The van der Waals surface area contributed by atoms with Gasteiger partial charge in [-0.1, -0.05) is 356 Å². The number of nitrogens with zero attached hydrogens (tertiary/aromatic N) is 2. The molecule has 2 atom stereocenters. The molecule has 0 amide bonds. The SMILES string of the molecule is CCCCCC=CCC=CCCCCCCCCC(CCCCCCCCC=CCC=CCCCCC)(CCCCCCCCC=CCC=CCCCCC)OC(=O)CCCN(C)CCN(C)C1CCC(CC2COC(CCCCCCCCC=CCC=CCCCCC)(CCCCCCCCC=CCCCCCCCC)O2)CC1. The topological polar surface area (TPSA) is 51.2 Å². The third-order valence-corrected chi connectivity index (χ3v) is 25.4. The van der Waals surface area contributed by atoms with E-state index in [1.54, 1.807) is 0 Å². The molecule has 0 radical (unpaired) electrons. The maximum Gasteiger partial charge on any atom is 0.306 e. The first-order valence-electron chi connectivity index (χ1n) is 51.5. The van der Waals surface area contributed by atoms with E-state index < -0.39 is 0 Å². The van der Waals surface area contributed by atoms with Crippen LogP contribution in [0.3, 0.4) is 0 Å². The van der Waals surface area contributed by atoms with Crippen LogP contribution < -0.4 is 0 Å². The summed E-state index contributed by atoms with van der Waals surface area (Å²) in [6.07, 6.45) is 135. The molecular weight excluding hydrogens is 1400 g/mol. The van der Waals surface area contributed by atoms with Gasteiger partial charge in [0.15, 0.2) is 5.79 Å². The van der Waals surface area contributed by atoms with E-state index in [4.69, 9.17) is 14.2 Å². The fourth-order valence-corrected chi connectivity index (χ4v) is 17.6. The Hall–Kier alpha value is -3.03. The van der Waals surface area contributed by atoms with Gasteiger partial charge in [-0.05, 0) is 271 Å². The Kier molecular flexibility index (Phi) is 79.5. The maximum absolute atomic E-state index is 14.4. The van der Waals surface area contributed by atoms with Gasteiger partial charge in [-0.3, -0.25) is 4.79 Å². The molecule has 6 heteroatoms. The van der Waals surface area contributed by atoms with Crippen molar-refractivity contribution in [3.63, 3.8) is 0 Å². The van der Waals surface area contributed by atoms with Gasteiger partial charge in [0.05, 0.1) is 12.7 Å². The summed E-state index contributed by atoms with van der Waals surface area (Å²) in [5.74, 6) is 0.413. The zero-order valence-corrected chi connectivity index (χ0v) is 78.3. The maximum atomic E-state index is 14.4. The van der Waals surface area contributed by atoms with Crippen molar-refractivity contribution in [3.8, 4) is 0 Å². The Morgan fingerprint density at radius 1 is 0.330 bits per heavy atom. The van der Waals surface area contributed by atoms with Crippen molar-refractivity contribution in [2.24, 2.45) is 5.92 Å². The molecule has 0 spiro atoms. The quantitative estimate of drug-likeness (QED) is 0.0344. The average molecular weight is 1600 g/mol. The van der Waals surface area contributed by atoms with E-state index >= 15 is 0 Å². The highest BCUT2D eigenvalue weighted by molar-refractivity contribution is 5.70. The summed E-state index contributed by atoms with van der Waals surface area (Å²) in [5, 5.41) is 0. The number of esters is 1. The molecule has 2 rings (SSSR count). The predicted octanol–water partition coefficient (Wildman–Crippen LogP) is 35.2. The molecule has 0 aromatic heterocycles. The van der Waals surface area contributed by atoms with Crippen molar-refractivity contribution in [1.29, 1.82) is 0 Å². The zero-order valence-electron chi connectivity index (χ0n) is 78.3. The molecule has 1 saturated heterocycles. The van der Waals surface area contributed by atoms with E-state index in [0.717, 1.165) is 103 Å². The lowest BCUT2D eigenvalue weighted by molar-refractivity contribution is -0.181. The van der Waals surface area contributed by atoms with E-state index in [-0.39, 0.29) is 23.5 Å². The monoisotopic (exact) mass is 1600 g/mol. The highest BCUT2D eigenvalue weighted by Crippen LogP contribution is 2.40. The minimum Gasteiger partial charge on any atom is -0.459 e. The van der Waals surface area contributed by atoms with Gasteiger partial charge in [0.1, 0.15) is 5.60 Å². The first kappa shape index (κ1) is 108. The summed E-state index contributed by atoms with van der Waals surface area (Å²) < 4.78 is 21.1. The summed E-state index contributed by atoms with van der Waals surface area (Å²) in [5.41, 5.74) is -0.334. The Bertz CT molecular complexity index is 2200. The van der Waals surface area contributed by atoms with Crippen LogP contribution in [-0.2, 0) is 19.0 Å². The van der Waals surface area contributed by atoms with Crippen molar-refractivity contribution >= 4 is 5.97 Å². The molecule has 6 nitrogen and oxygen atoms in total. The number of allylic oxidation sites excluding steroid dienone is 18. The molecule has 0 bridgehead atoms. The molecule has 0 N–H and O–H groups in total. The number of rotatable bonds is 87. The normalized spacial score (nSPS) is 17.8. The number of hydrogen-bond acceptors (Lipinski definition) is 6. The Morgan fingerprint density at radius 3 is 0.939 bits per heavy atom. The van der Waals surface area contributed by atoms with Gasteiger partial charge in [0.2, 0.25) is 0 Å². The third-order valence-electron chi connectivity index (χ3n) is 25.4. The van der Waals surface area contributed by atoms with Crippen LogP contribution in [0.1, 0.15) is 510 Å². The standard InChI is InChI=1S/C109H198N2O4/c1-8-13-18-23-28-33-38-43-48-53-58-63-68-73-78-83-94-108(95-84-79-74-69-64-59-54-49-44-39-34-29-24-19-14-9-2,96-85-80-75-70-65-60-55-50-45-40-35-30-25-20-15-10-3)115-107(112)89-88-99-110(6)100-101-111(7)105-92-90-104(91-93-105)102-106-103-113-109(114-106,97-86-81-76-71-66-61-56-51-46-41-36-31-26-21-16-11-4)98-87-82-77-72-67-62-57-52-47-42-37-32-27-22-17-12-5/h28-31,33-36,43-52,104-106H,8-27,32,37-42,53-103H2,1-7H3. The molecule has 1 aliphatic heterocycles. The third kappa shape index (κ3) is 70.2. The zero-order chi connectivity index (χ0) is 82.5. The van der Waals surface area contributed by atoms with Gasteiger partial charge in [0.25, 0.3) is 0 Å². The molecule has 1 aliphatic carbocycles. The van der Waals surface area contributed by atoms with Crippen LogP contribution >= 0.6 is 0 Å². The smallest absolute Gasteiger partial charge is 0.306 e.